The average molecular weight is 295 g/mol. The lowest BCUT2D eigenvalue weighted by molar-refractivity contribution is -0.137. The van der Waals surface area contributed by atoms with Gasteiger partial charge in [0, 0.05) is 6.07 Å². The highest BCUT2D eigenvalue weighted by atomic mass is 19.4. The molecule has 0 amide bonds. The second-order valence-electron chi connectivity index (χ2n) is 4.33. The monoisotopic (exact) mass is 295 g/mol. The SMILES string of the molecule is Cc1ccc(Oc2ccc(C(F)(F)F)cc2C#N)cc1F. The van der Waals surface area contributed by atoms with Gasteiger partial charge in [-0.15, -0.1) is 0 Å². The first-order chi connectivity index (χ1) is 9.81. The molecule has 0 aliphatic heterocycles. The molecule has 2 nitrogen and oxygen atoms in total. The fraction of sp³-hybridized carbons (Fsp3) is 0.133. The molecule has 0 N–H and O–H groups in total. The molecule has 0 saturated carbocycles. The molecule has 0 unspecified atom stereocenters. The van der Waals surface area contributed by atoms with Crippen molar-refractivity contribution < 1.29 is 22.3 Å². The number of nitriles is 1. The fourth-order valence-electron chi connectivity index (χ4n) is 1.65. The second-order valence-corrected chi connectivity index (χ2v) is 4.33. The van der Waals surface area contributed by atoms with Crippen molar-refractivity contribution in [2.75, 3.05) is 0 Å². The summed E-state index contributed by atoms with van der Waals surface area (Å²) < 4.78 is 56.3. The molecule has 21 heavy (non-hydrogen) atoms. The number of ether oxygens (including phenoxy) is 1. The Morgan fingerprint density at radius 2 is 1.81 bits per heavy atom. The largest absolute Gasteiger partial charge is 0.456 e. The van der Waals surface area contributed by atoms with Gasteiger partial charge in [-0.25, -0.2) is 4.39 Å². The van der Waals surface area contributed by atoms with Crippen LogP contribution in [0.25, 0.3) is 0 Å². The number of rotatable bonds is 2. The van der Waals surface area contributed by atoms with E-state index in [4.69, 9.17) is 10.00 Å². The van der Waals surface area contributed by atoms with Crippen LogP contribution in [0.15, 0.2) is 36.4 Å². The Balaban J connectivity index is 2.36. The summed E-state index contributed by atoms with van der Waals surface area (Å²) in [5.74, 6) is -0.457. The minimum atomic E-state index is -4.54. The topological polar surface area (TPSA) is 33.0 Å². The third kappa shape index (κ3) is 3.31. The van der Waals surface area contributed by atoms with Crippen molar-refractivity contribution in [2.24, 2.45) is 0 Å². The van der Waals surface area contributed by atoms with E-state index in [1.165, 1.54) is 12.1 Å². The molecule has 2 rings (SSSR count). The zero-order valence-electron chi connectivity index (χ0n) is 10.8. The van der Waals surface area contributed by atoms with E-state index in [0.29, 0.717) is 11.6 Å². The van der Waals surface area contributed by atoms with Crippen LogP contribution in [0.4, 0.5) is 17.6 Å². The van der Waals surface area contributed by atoms with Crippen molar-refractivity contribution in [3.8, 4) is 17.6 Å². The molecule has 2 aromatic carbocycles. The molecule has 0 aromatic heterocycles. The van der Waals surface area contributed by atoms with Gasteiger partial charge in [0.2, 0.25) is 0 Å². The van der Waals surface area contributed by atoms with Crippen LogP contribution in [-0.4, -0.2) is 0 Å². The Bertz CT molecular complexity index is 717. The molecule has 6 heteroatoms. The molecule has 0 spiro atoms. The van der Waals surface area contributed by atoms with E-state index >= 15 is 0 Å². The third-order valence-corrected chi connectivity index (χ3v) is 2.80. The minimum absolute atomic E-state index is 0.0613. The maximum Gasteiger partial charge on any atom is 0.416 e. The summed E-state index contributed by atoms with van der Waals surface area (Å²) >= 11 is 0. The molecular formula is C15H9F4NO. The second kappa shape index (κ2) is 5.44. The summed E-state index contributed by atoms with van der Waals surface area (Å²) in [6, 6.07) is 8.22. The van der Waals surface area contributed by atoms with Crippen molar-refractivity contribution in [1.82, 2.24) is 0 Å². The predicted octanol–water partition coefficient (Wildman–Crippen LogP) is 4.82. The number of nitrogens with zero attached hydrogens (tertiary/aromatic N) is 1. The van der Waals surface area contributed by atoms with E-state index in [1.54, 1.807) is 13.0 Å². The molecular weight excluding hydrogens is 286 g/mol. The van der Waals surface area contributed by atoms with Crippen molar-refractivity contribution >= 4 is 0 Å². The number of aryl methyl sites for hydroxylation is 1. The van der Waals surface area contributed by atoms with Crippen LogP contribution in [0.3, 0.4) is 0 Å². The normalized spacial score (nSPS) is 11.0. The molecule has 0 saturated heterocycles. The first-order valence-electron chi connectivity index (χ1n) is 5.86. The summed E-state index contributed by atoms with van der Waals surface area (Å²) in [6.07, 6.45) is -4.54. The van der Waals surface area contributed by atoms with Crippen LogP contribution >= 0.6 is 0 Å². The van der Waals surface area contributed by atoms with Crippen LogP contribution in [0.1, 0.15) is 16.7 Å². The van der Waals surface area contributed by atoms with Crippen LogP contribution < -0.4 is 4.74 Å². The van der Waals surface area contributed by atoms with E-state index in [0.717, 1.165) is 18.2 Å². The first-order valence-corrected chi connectivity index (χ1v) is 5.86. The molecule has 108 valence electrons. The number of hydrogen-bond acceptors (Lipinski definition) is 2. The van der Waals surface area contributed by atoms with Gasteiger partial charge in [-0.1, -0.05) is 6.07 Å². The Kier molecular flexibility index (Phi) is 3.85. The lowest BCUT2D eigenvalue weighted by atomic mass is 10.1. The zero-order valence-corrected chi connectivity index (χ0v) is 10.8. The smallest absolute Gasteiger partial charge is 0.416 e. The fourth-order valence-corrected chi connectivity index (χ4v) is 1.65. The van der Waals surface area contributed by atoms with Gasteiger partial charge in [-0.2, -0.15) is 18.4 Å². The molecule has 0 atom stereocenters. The van der Waals surface area contributed by atoms with Crippen LogP contribution in [0.2, 0.25) is 0 Å². The highest BCUT2D eigenvalue weighted by Gasteiger charge is 2.31. The summed E-state index contributed by atoms with van der Waals surface area (Å²) in [4.78, 5) is 0. The van der Waals surface area contributed by atoms with Crippen LogP contribution in [0.5, 0.6) is 11.5 Å². The van der Waals surface area contributed by atoms with Crippen LogP contribution in [0, 0.1) is 24.1 Å². The van der Waals surface area contributed by atoms with Crippen molar-refractivity contribution in [1.29, 1.82) is 5.26 Å². The lowest BCUT2D eigenvalue weighted by Gasteiger charge is -2.11. The molecule has 2 aromatic rings. The van der Waals surface area contributed by atoms with Gasteiger partial charge in [0.25, 0.3) is 0 Å². The van der Waals surface area contributed by atoms with Crippen molar-refractivity contribution in [2.45, 2.75) is 13.1 Å². The average Bonchev–Trinajstić information content (AvgIpc) is 2.42. The van der Waals surface area contributed by atoms with Gasteiger partial charge in [-0.05, 0) is 36.8 Å². The van der Waals surface area contributed by atoms with E-state index < -0.39 is 17.6 Å². The Labute approximate surface area is 118 Å². The summed E-state index contributed by atoms with van der Waals surface area (Å²) in [6.45, 7) is 1.57. The molecule has 0 heterocycles. The predicted molar refractivity (Wildman–Crippen MR) is 67.4 cm³/mol. The number of benzene rings is 2. The van der Waals surface area contributed by atoms with E-state index in [-0.39, 0.29) is 17.1 Å². The van der Waals surface area contributed by atoms with E-state index in [1.807, 2.05) is 0 Å². The molecule has 0 fully saturated rings. The highest BCUT2D eigenvalue weighted by Crippen LogP contribution is 2.34. The number of halogens is 4. The van der Waals surface area contributed by atoms with E-state index in [2.05, 4.69) is 0 Å². The Morgan fingerprint density at radius 1 is 1.10 bits per heavy atom. The standard InChI is InChI=1S/C15H9F4NO/c1-9-2-4-12(7-13(9)16)21-14-5-3-11(15(17,18)19)6-10(14)8-20/h2-7H,1H3. The zero-order chi connectivity index (χ0) is 15.6. The van der Waals surface area contributed by atoms with Gasteiger partial charge in [-0.3, -0.25) is 0 Å². The van der Waals surface area contributed by atoms with Gasteiger partial charge in [0.1, 0.15) is 23.4 Å². The van der Waals surface area contributed by atoms with Gasteiger partial charge in [0.15, 0.2) is 0 Å². The number of alkyl halides is 3. The molecule has 0 aliphatic rings. The van der Waals surface area contributed by atoms with Crippen molar-refractivity contribution in [3.05, 3.63) is 58.9 Å². The quantitative estimate of drug-likeness (QED) is 0.744. The minimum Gasteiger partial charge on any atom is -0.456 e. The summed E-state index contributed by atoms with van der Waals surface area (Å²) in [5, 5.41) is 8.91. The molecule has 0 radical (unpaired) electrons. The summed E-state index contributed by atoms with van der Waals surface area (Å²) in [7, 11) is 0. The third-order valence-electron chi connectivity index (χ3n) is 2.80. The summed E-state index contributed by atoms with van der Waals surface area (Å²) in [5.41, 5.74) is -0.803. The maximum atomic E-state index is 13.4. The van der Waals surface area contributed by atoms with Crippen molar-refractivity contribution in [3.63, 3.8) is 0 Å². The van der Waals surface area contributed by atoms with Gasteiger partial charge >= 0.3 is 6.18 Å². The van der Waals surface area contributed by atoms with Crippen LogP contribution in [-0.2, 0) is 6.18 Å². The Morgan fingerprint density at radius 3 is 2.38 bits per heavy atom. The van der Waals surface area contributed by atoms with Gasteiger partial charge in [0.05, 0.1) is 11.1 Å². The molecule has 0 bridgehead atoms. The first kappa shape index (κ1) is 14.9. The van der Waals surface area contributed by atoms with Gasteiger partial charge < -0.3 is 4.74 Å². The number of hydrogen-bond donors (Lipinski definition) is 0. The lowest BCUT2D eigenvalue weighted by Crippen LogP contribution is -2.05. The maximum absolute atomic E-state index is 13.4. The Hall–Kier alpha value is -2.55. The molecule has 0 aliphatic carbocycles. The highest BCUT2D eigenvalue weighted by molar-refractivity contribution is 5.48. The van der Waals surface area contributed by atoms with E-state index in [9.17, 15) is 17.6 Å².